The fourth-order valence-electron chi connectivity index (χ4n) is 2.88. The Morgan fingerprint density at radius 2 is 2.13 bits per heavy atom. The minimum Gasteiger partial charge on any atom is -0.481 e. The number of thiazole rings is 1. The second kappa shape index (κ2) is 7.06. The molecule has 0 spiro atoms. The molecule has 1 saturated heterocycles. The molecule has 0 atom stereocenters. The Kier molecular flexibility index (Phi) is 4.88. The van der Waals surface area contributed by atoms with Crippen LogP contribution in [0.3, 0.4) is 0 Å². The number of benzene rings is 1. The van der Waals surface area contributed by atoms with Crippen molar-refractivity contribution in [2.24, 2.45) is 0 Å². The highest BCUT2D eigenvalue weighted by molar-refractivity contribution is 7.16. The topological polar surface area (TPSA) is 79.7 Å². The van der Waals surface area contributed by atoms with Crippen molar-refractivity contribution in [2.75, 3.05) is 19.8 Å². The molecule has 0 saturated carbocycles. The van der Waals surface area contributed by atoms with E-state index < -0.39 is 5.97 Å². The van der Waals surface area contributed by atoms with Crippen LogP contribution in [0.2, 0.25) is 0 Å². The number of carboxylic acid groups (broad SMARTS) is 1. The smallest absolute Gasteiger partial charge is 0.305 e. The maximum absolute atomic E-state index is 13.0. The van der Waals surface area contributed by atoms with Crippen LogP contribution in [0.25, 0.3) is 10.2 Å². The van der Waals surface area contributed by atoms with Gasteiger partial charge in [-0.1, -0.05) is 6.07 Å². The molecule has 2 aromatic rings. The zero-order valence-corrected chi connectivity index (χ0v) is 13.4. The monoisotopic (exact) mass is 334 g/mol. The number of aromatic nitrogens is 1. The van der Waals surface area contributed by atoms with Gasteiger partial charge in [0.25, 0.3) is 5.91 Å². The van der Waals surface area contributed by atoms with Crippen molar-refractivity contribution in [1.29, 1.82) is 0 Å². The summed E-state index contributed by atoms with van der Waals surface area (Å²) in [5.74, 6) is -1.05. The first-order chi connectivity index (χ1) is 11.2. The van der Waals surface area contributed by atoms with E-state index in [0.717, 1.165) is 17.5 Å². The van der Waals surface area contributed by atoms with Crippen molar-refractivity contribution in [3.8, 4) is 0 Å². The summed E-state index contributed by atoms with van der Waals surface area (Å²) in [5.41, 5.74) is 2.95. The quantitative estimate of drug-likeness (QED) is 0.908. The predicted molar refractivity (Wildman–Crippen MR) is 86.8 cm³/mol. The molecule has 1 amide bonds. The fourth-order valence-corrected chi connectivity index (χ4v) is 3.58. The largest absolute Gasteiger partial charge is 0.481 e. The van der Waals surface area contributed by atoms with Crippen LogP contribution in [0.15, 0.2) is 23.7 Å². The number of carbonyl (C=O) groups is 2. The number of para-hydroxylation sites is 1. The van der Waals surface area contributed by atoms with Crippen LogP contribution in [-0.4, -0.2) is 52.7 Å². The molecule has 0 radical (unpaired) electrons. The molecule has 3 rings (SSSR count). The average molecular weight is 334 g/mol. The van der Waals surface area contributed by atoms with Gasteiger partial charge in [0.2, 0.25) is 0 Å². The lowest BCUT2D eigenvalue weighted by Crippen LogP contribution is -2.44. The van der Waals surface area contributed by atoms with Gasteiger partial charge in [-0.3, -0.25) is 9.59 Å². The van der Waals surface area contributed by atoms with Crippen molar-refractivity contribution in [3.63, 3.8) is 0 Å². The number of carbonyl (C=O) groups excluding carboxylic acids is 1. The minimum absolute atomic E-state index is 0.0180. The van der Waals surface area contributed by atoms with Crippen LogP contribution >= 0.6 is 11.3 Å². The van der Waals surface area contributed by atoms with Gasteiger partial charge in [-0.15, -0.1) is 11.3 Å². The summed E-state index contributed by atoms with van der Waals surface area (Å²) in [6.45, 7) is 1.41. The summed E-state index contributed by atoms with van der Waals surface area (Å²) >= 11 is 1.49. The number of hydrogen-bond acceptors (Lipinski definition) is 5. The van der Waals surface area contributed by atoms with Gasteiger partial charge in [-0.05, 0) is 25.0 Å². The molecule has 1 aromatic carbocycles. The van der Waals surface area contributed by atoms with Gasteiger partial charge >= 0.3 is 5.97 Å². The maximum atomic E-state index is 13.0. The van der Waals surface area contributed by atoms with E-state index in [9.17, 15) is 9.59 Å². The Morgan fingerprint density at radius 3 is 2.87 bits per heavy atom. The number of amides is 1. The van der Waals surface area contributed by atoms with Crippen LogP contribution in [0, 0.1) is 0 Å². The summed E-state index contributed by atoms with van der Waals surface area (Å²) in [4.78, 5) is 29.9. The summed E-state index contributed by atoms with van der Waals surface area (Å²) in [5, 5.41) is 8.98. The molecule has 2 heterocycles. The van der Waals surface area contributed by atoms with Gasteiger partial charge in [0.05, 0.1) is 27.7 Å². The van der Waals surface area contributed by atoms with E-state index in [-0.39, 0.29) is 24.9 Å². The van der Waals surface area contributed by atoms with Crippen LogP contribution in [-0.2, 0) is 9.53 Å². The summed E-state index contributed by atoms with van der Waals surface area (Å²) in [6, 6.07) is 5.55. The van der Waals surface area contributed by atoms with E-state index in [2.05, 4.69) is 4.98 Å². The highest BCUT2D eigenvalue weighted by atomic mass is 32.1. The molecule has 122 valence electrons. The van der Waals surface area contributed by atoms with Crippen molar-refractivity contribution in [2.45, 2.75) is 25.3 Å². The first kappa shape index (κ1) is 15.9. The Labute approximate surface area is 137 Å². The molecular weight excluding hydrogens is 316 g/mol. The molecule has 1 aliphatic rings. The maximum Gasteiger partial charge on any atom is 0.305 e. The number of carboxylic acids is 1. The third kappa shape index (κ3) is 3.51. The Balaban J connectivity index is 1.89. The van der Waals surface area contributed by atoms with Gasteiger partial charge in [-0.2, -0.15) is 0 Å². The molecule has 0 bridgehead atoms. The third-order valence-corrected chi connectivity index (χ3v) is 4.84. The number of fused-ring (bicyclic) bond motifs is 1. The summed E-state index contributed by atoms with van der Waals surface area (Å²) < 4.78 is 6.31. The second-order valence-electron chi connectivity index (χ2n) is 5.49. The zero-order chi connectivity index (χ0) is 16.2. The highest BCUT2D eigenvalue weighted by Crippen LogP contribution is 2.25. The van der Waals surface area contributed by atoms with Crippen molar-refractivity contribution >= 4 is 33.4 Å². The molecule has 1 aliphatic heterocycles. The van der Waals surface area contributed by atoms with Crippen LogP contribution < -0.4 is 0 Å². The second-order valence-corrected chi connectivity index (χ2v) is 6.38. The number of rotatable bonds is 5. The average Bonchev–Trinajstić information content (AvgIpc) is 3.04. The molecular formula is C16H18N2O4S. The number of ether oxygens (including phenoxy) is 1. The van der Waals surface area contributed by atoms with Crippen LogP contribution in [0.4, 0.5) is 0 Å². The molecule has 1 N–H and O–H groups in total. The molecule has 6 nitrogen and oxygen atoms in total. The lowest BCUT2D eigenvalue weighted by molar-refractivity contribution is -0.137. The third-order valence-electron chi connectivity index (χ3n) is 4.05. The van der Waals surface area contributed by atoms with Gasteiger partial charge in [0, 0.05) is 25.8 Å². The van der Waals surface area contributed by atoms with Gasteiger partial charge < -0.3 is 14.7 Å². The number of aliphatic carboxylic acids is 1. The van der Waals surface area contributed by atoms with E-state index >= 15 is 0 Å². The Hall–Kier alpha value is -1.99. The van der Waals surface area contributed by atoms with E-state index in [1.54, 1.807) is 16.5 Å². The van der Waals surface area contributed by atoms with Crippen molar-refractivity contribution < 1.29 is 19.4 Å². The molecule has 1 aromatic heterocycles. The first-order valence-corrected chi connectivity index (χ1v) is 8.47. The van der Waals surface area contributed by atoms with Gasteiger partial charge in [-0.25, -0.2) is 4.98 Å². The van der Waals surface area contributed by atoms with E-state index in [1.165, 1.54) is 11.3 Å². The van der Waals surface area contributed by atoms with E-state index in [1.807, 2.05) is 12.1 Å². The fraction of sp³-hybridized carbons (Fsp3) is 0.438. The molecule has 0 unspecified atom stereocenters. The zero-order valence-electron chi connectivity index (χ0n) is 12.6. The highest BCUT2D eigenvalue weighted by Gasteiger charge is 2.28. The predicted octanol–water partition coefficient (Wildman–Crippen LogP) is 2.39. The molecule has 0 aliphatic carbocycles. The molecule has 1 fully saturated rings. The number of hydrogen-bond donors (Lipinski definition) is 1. The Bertz CT molecular complexity index is 709. The van der Waals surface area contributed by atoms with Crippen molar-refractivity contribution in [1.82, 2.24) is 9.88 Å². The van der Waals surface area contributed by atoms with Gasteiger partial charge in [0.1, 0.15) is 0 Å². The van der Waals surface area contributed by atoms with Crippen LogP contribution in [0.1, 0.15) is 29.6 Å². The lowest BCUT2D eigenvalue weighted by atomic mass is 10.0. The minimum atomic E-state index is -0.901. The molecule has 7 heteroatoms. The lowest BCUT2D eigenvalue weighted by Gasteiger charge is -2.34. The number of nitrogens with zero attached hydrogens (tertiary/aromatic N) is 2. The normalized spacial score (nSPS) is 15.7. The standard InChI is InChI=1S/C16H18N2O4S/c19-14(20)4-7-18(11-5-8-22-9-6-11)16(21)12-2-1-3-13-15(12)17-10-23-13/h1-3,10-11H,4-9H2,(H,19,20). The van der Waals surface area contributed by atoms with E-state index in [4.69, 9.17) is 9.84 Å². The van der Waals surface area contributed by atoms with E-state index in [0.29, 0.717) is 24.3 Å². The first-order valence-electron chi connectivity index (χ1n) is 7.59. The Morgan fingerprint density at radius 1 is 1.35 bits per heavy atom. The molecule has 23 heavy (non-hydrogen) atoms. The van der Waals surface area contributed by atoms with Crippen LogP contribution in [0.5, 0.6) is 0 Å². The summed E-state index contributed by atoms with van der Waals surface area (Å²) in [6.07, 6.45) is 1.41. The van der Waals surface area contributed by atoms with Gasteiger partial charge in [0.15, 0.2) is 0 Å². The summed E-state index contributed by atoms with van der Waals surface area (Å²) in [7, 11) is 0. The van der Waals surface area contributed by atoms with Crippen molar-refractivity contribution in [3.05, 3.63) is 29.3 Å². The SMILES string of the molecule is O=C(O)CCN(C(=O)c1cccc2scnc12)C1CCOCC1.